The van der Waals surface area contributed by atoms with Crippen LogP contribution in [0.2, 0.25) is 0 Å². The zero-order valence-corrected chi connectivity index (χ0v) is 26.1. The molecule has 4 heteroatoms. The number of hydrogen-bond donors (Lipinski definition) is 0. The second-order valence-electron chi connectivity index (χ2n) is 12.0. The van der Waals surface area contributed by atoms with Gasteiger partial charge in [0.1, 0.15) is 0 Å². The number of aromatic nitrogens is 4. The molecule has 0 saturated heterocycles. The summed E-state index contributed by atoms with van der Waals surface area (Å²) in [6, 6.07) is 42.5. The second-order valence-corrected chi connectivity index (χ2v) is 12.0. The van der Waals surface area contributed by atoms with Crippen LogP contribution in [-0.2, 0) is 0 Å². The molecule has 3 aromatic heterocycles. The first-order valence-electron chi connectivity index (χ1n) is 16.3. The molecule has 3 heterocycles. The number of pyridine rings is 1. The van der Waals surface area contributed by atoms with Crippen LogP contribution in [0.5, 0.6) is 0 Å². The Morgan fingerprint density at radius 1 is 0.532 bits per heavy atom. The lowest BCUT2D eigenvalue weighted by atomic mass is 9.94. The van der Waals surface area contributed by atoms with Crippen LogP contribution in [0, 0.1) is 0 Å². The van der Waals surface area contributed by atoms with Crippen molar-refractivity contribution in [2.75, 3.05) is 0 Å². The molecule has 0 radical (unpaired) electrons. The average Bonchev–Trinajstić information content (AvgIpc) is 3.55. The van der Waals surface area contributed by atoms with Gasteiger partial charge in [0.25, 0.3) is 0 Å². The highest BCUT2D eigenvalue weighted by atomic mass is 15.0. The van der Waals surface area contributed by atoms with Crippen LogP contribution < -0.4 is 0 Å². The number of benzene rings is 4. The van der Waals surface area contributed by atoms with Crippen LogP contribution in [0.25, 0.3) is 72.8 Å². The maximum Gasteiger partial charge on any atom is 0.160 e. The van der Waals surface area contributed by atoms with Gasteiger partial charge < -0.3 is 4.57 Å². The number of rotatable bonds is 6. The maximum absolute atomic E-state index is 5.15. The Bertz CT molecular complexity index is 2170. The van der Waals surface area contributed by atoms with Crippen LogP contribution in [0.4, 0.5) is 0 Å². The molecular weight excluding hydrogens is 573 g/mol. The van der Waals surface area contributed by atoms with Crippen molar-refractivity contribution < 1.29 is 0 Å². The summed E-state index contributed by atoms with van der Waals surface area (Å²) < 4.78 is 2.32. The molecule has 4 aromatic carbocycles. The molecule has 7 aromatic rings. The van der Waals surface area contributed by atoms with Crippen molar-refractivity contribution in [3.63, 3.8) is 0 Å². The third kappa shape index (κ3) is 6.06. The van der Waals surface area contributed by atoms with Gasteiger partial charge in [0.15, 0.2) is 5.82 Å². The van der Waals surface area contributed by atoms with Gasteiger partial charge >= 0.3 is 0 Å². The van der Waals surface area contributed by atoms with E-state index in [-0.39, 0.29) is 0 Å². The minimum Gasteiger partial charge on any atom is -0.317 e. The summed E-state index contributed by atoms with van der Waals surface area (Å²) in [6.45, 7) is 0. The molecule has 226 valence electrons. The lowest BCUT2D eigenvalue weighted by molar-refractivity contribution is 0.757. The van der Waals surface area contributed by atoms with Gasteiger partial charge in [0.05, 0.1) is 16.9 Å². The van der Waals surface area contributed by atoms with E-state index in [1.165, 1.54) is 29.4 Å². The van der Waals surface area contributed by atoms with E-state index in [1.807, 2.05) is 54.9 Å². The Hall–Kier alpha value is -5.87. The summed E-state index contributed by atoms with van der Waals surface area (Å²) in [6.07, 6.45) is 17.6. The first kappa shape index (κ1) is 28.6. The van der Waals surface area contributed by atoms with E-state index in [0.29, 0.717) is 5.82 Å². The summed E-state index contributed by atoms with van der Waals surface area (Å²) in [5.74, 6) is 0.704. The van der Waals surface area contributed by atoms with E-state index in [9.17, 15) is 0 Å². The van der Waals surface area contributed by atoms with Crippen molar-refractivity contribution in [2.45, 2.75) is 25.7 Å². The fourth-order valence-electron chi connectivity index (χ4n) is 6.37. The van der Waals surface area contributed by atoms with Crippen molar-refractivity contribution in [1.29, 1.82) is 0 Å². The van der Waals surface area contributed by atoms with Gasteiger partial charge in [-0.2, -0.15) is 0 Å². The van der Waals surface area contributed by atoms with Gasteiger partial charge in [0, 0.05) is 51.9 Å². The van der Waals surface area contributed by atoms with E-state index in [1.54, 1.807) is 0 Å². The van der Waals surface area contributed by atoms with Crippen molar-refractivity contribution in [3.8, 4) is 56.2 Å². The average molecular weight is 607 g/mol. The fraction of sp³-hybridized carbons (Fsp3) is 0.0930. The third-order valence-electron chi connectivity index (χ3n) is 8.82. The minimum absolute atomic E-state index is 0.704. The molecule has 0 spiro atoms. The number of allylic oxidation sites excluding steroid dienone is 4. The van der Waals surface area contributed by atoms with Gasteiger partial charge in [-0.1, -0.05) is 84.9 Å². The molecule has 1 aliphatic rings. The summed E-state index contributed by atoms with van der Waals surface area (Å²) >= 11 is 0. The molecule has 0 bridgehead atoms. The molecule has 0 fully saturated rings. The lowest BCUT2D eigenvalue weighted by Crippen LogP contribution is -1.96. The number of hydrogen-bond acceptors (Lipinski definition) is 3. The Morgan fingerprint density at radius 2 is 1.23 bits per heavy atom. The highest BCUT2D eigenvalue weighted by molar-refractivity contribution is 5.90. The SMILES string of the molecule is C1=C\C(n2ccc3cc(-c4cc(-c5cccnc5)cc(-c5cc(-c6ccccc6)nc(-c6ccccc6)n5)c4)ccc32)=C/CCCC/1. The maximum atomic E-state index is 5.15. The van der Waals surface area contributed by atoms with Gasteiger partial charge in [-0.15, -0.1) is 0 Å². The number of fused-ring (bicyclic) bond motifs is 1. The summed E-state index contributed by atoms with van der Waals surface area (Å²) in [4.78, 5) is 14.6. The van der Waals surface area contributed by atoms with Crippen LogP contribution >= 0.6 is 0 Å². The monoisotopic (exact) mass is 606 g/mol. The second kappa shape index (κ2) is 12.9. The van der Waals surface area contributed by atoms with Gasteiger partial charge in [0.2, 0.25) is 0 Å². The molecule has 0 unspecified atom stereocenters. The molecule has 1 aliphatic carbocycles. The normalized spacial score (nSPS) is 15.0. The Kier molecular flexibility index (Phi) is 7.82. The lowest BCUT2D eigenvalue weighted by Gasteiger charge is -2.14. The van der Waals surface area contributed by atoms with Gasteiger partial charge in [-0.25, -0.2) is 9.97 Å². The minimum atomic E-state index is 0.704. The fourth-order valence-corrected chi connectivity index (χ4v) is 6.37. The molecule has 0 saturated carbocycles. The molecule has 0 aliphatic heterocycles. The summed E-state index contributed by atoms with van der Waals surface area (Å²) in [5.41, 5.74) is 11.7. The molecule has 0 atom stereocenters. The van der Waals surface area contributed by atoms with Gasteiger partial charge in [-0.3, -0.25) is 4.98 Å². The first-order chi connectivity index (χ1) is 23.3. The van der Waals surface area contributed by atoms with Crippen molar-refractivity contribution in [3.05, 3.63) is 158 Å². The van der Waals surface area contributed by atoms with Crippen LogP contribution in [0.1, 0.15) is 25.7 Å². The molecule has 8 rings (SSSR count). The smallest absolute Gasteiger partial charge is 0.160 e. The Labute approximate surface area is 275 Å². The topological polar surface area (TPSA) is 43.6 Å². The predicted molar refractivity (Wildman–Crippen MR) is 194 cm³/mol. The largest absolute Gasteiger partial charge is 0.317 e. The van der Waals surface area contributed by atoms with Crippen molar-refractivity contribution >= 4 is 16.6 Å². The third-order valence-corrected chi connectivity index (χ3v) is 8.82. The summed E-state index contributed by atoms with van der Waals surface area (Å²) in [7, 11) is 0. The molecule has 0 amide bonds. The van der Waals surface area contributed by atoms with Crippen molar-refractivity contribution in [1.82, 2.24) is 19.5 Å². The predicted octanol–water partition coefficient (Wildman–Crippen LogP) is 11.1. The summed E-state index contributed by atoms with van der Waals surface area (Å²) in [5, 5.41) is 1.21. The zero-order chi connectivity index (χ0) is 31.4. The molecule has 4 nitrogen and oxygen atoms in total. The van der Waals surface area contributed by atoms with E-state index >= 15 is 0 Å². The Morgan fingerprint density at radius 3 is 2.02 bits per heavy atom. The van der Waals surface area contributed by atoms with E-state index in [0.717, 1.165) is 63.2 Å². The van der Waals surface area contributed by atoms with Crippen LogP contribution in [0.3, 0.4) is 0 Å². The van der Waals surface area contributed by atoms with Gasteiger partial charge in [-0.05, 0) is 97.0 Å². The van der Waals surface area contributed by atoms with Crippen LogP contribution in [0.15, 0.2) is 158 Å². The quantitative estimate of drug-likeness (QED) is 0.189. The zero-order valence-electron chi connectivity index (χ0n) is 26.1. The van der Waals surface area contributed by atoms with E-state index in [2.05, 4.69) is 113 Å². The standard InChI is InChI=1S/C43H34N4/c1-2-10-18-39(19-11-3-1)47-24-22-34-25-33(20-21-42(34)47)36-26-37(35-17-12-23-44-30-35)28-38(27-36)41-29-40(31-13-6-4-7-14-31)45-43(46-41)32-15-8-5-9-16-32/h4-10,12-30H,1-3,11H2/b18-10-,39-19+. The van der Waals surface area contributed by atoms with Crippen molar-refractivity contribution in [2.24, 2.45) is 0 Å². The van der Waals surface area contributed by atoms with Crippen LogP contribution in [-0.4, -0.2) is 19.5 Å². The Balaban J connectivity index is 1.28. The highest BCUT2D eigenvalue weighted by Gasteiger charge is 2.14. The first-order valence-corrected chi connectivity index (χ1v) is 16.3. The molecule has 47 heavy (non-hydrogen) atoms. The molecule has 0 N–H and O–H groups in total. The number of nitrogens with zero attached hydrogens (tertiary/aromatic N) is 4. The highest BCUT2D eigenvalue weighted by Crippen LogP contribution is 2.36. The van der Waals surface area contributed by atoms with E-state index < -0.39 is 0 Å². The van der Waals surface area contributed by atoms with E-state index in [4.69, 9.17) is 9.97 Å². The molecular formula is C43H34N4.